The van der Waals surface area contributed by atoms with Gasteiger partial charge >= 0.3 is 23.0 Å². The fourth-order valence-electron chi connectivity index (χ4n) is 0.522. The topological polar surface area (TPSA) is 239 Å². The molecule has 21 heavy (non-hydrogen) atoms. The van der Waals surface area contributed by atoms with Crippen LogP contribution in [-0.4, -0.2) is 73.8 Å². The van der Waals surface area contributed by atoms with Crippen molar-refractivity contribution in [2.24, 2.45) is 0 Å². The minimum absolute atomic E-state index is 0. The Balaban J connectivity index is -0.000000295. The molecule has 1 radical (unpaired) electrons. The molecule has 0 aliphatic heterocycles. The molecule has 0 heterocycles. The van der Waals surface area contributed by atoms with Crippen molar-refractivity contribution in [3.63, 3.8) is 0 Å². The van der Waals surface area contributed by atoms with Crippen LogP contribution in [-0.2, 0) is 36.2 Å². The summed E-state index contributed by atoms with van der Waals surface area (Å²) >= 11 is 0. The van der Waals surface area contributed by atoms with Crippen molar-refractivity contribution in [2.45, 2.75) is 24.4 Å². The largest absolute Gasteiger partial charge is 3.00 e. The summed E-state index contributed by atoms with van der Waals surface area (Å²) in [7, 11) is 0. The number of hydrogen-bond donors (Lipinski definition) is 5. The van der Waals surface area contributed by atoms with E-state index in [1.807, 2.05) is 0 Å². The summed E-state index contributed by atoms with van der Waals surface area (Å²) in [6.07, 6.45) is -9.59. The van der Waals surface area contributed by atoms with Gasteiger partial charge in [-0.05, 0) is 0 Å². The summed E-state index contributed by atoms with van der Waals surface area (Å²) in [6.45, 7) is 0. The first kappa shape index (κ1) is 24.3. The van der Waals surface area contributed by atoms with Crippen molar-refractivity contribution in [1.82, 2.24) is 0 Å². The van der Waals surface area contributed by atoms with Crippen LogP contribution in [0, 0.1) is 0 Å². The van der Waals surface area contributed by atoms with Gasteiger partial charge in [-0.15, -0.1) is 0 Å². The molecule has 0 aromatic heterocycles. The fraction of sp³-hybridized carbons (Fsp3) is 0.500. The van der Waals surface area contributed by atoms with E-state index in [0.29, 0.717) is 0 Å². The van der Waals surface area contributed by atoms with E-state index in [0.717, 1.165) is 0 Å². The van der Waals surface area contributed by atoms with E-state index in [1.165, 1.54) is 0 Å². The number of carbonyl (C=O) groups is 4. The number of hydrogen-bond acceptors (Lipinski definition) is 11. The number of aliphatic hydroxyl groups is 4. The first-order chi connectivity index (χ1) is 8.93. The van der Waals surface area contributed by atoms with Gasteiger partial charge in [-0.3, -0.25) is 0 Å². The molecular weight excluding hydrogens is 344 g/mol. The summed E-state index contributed by atoms with van der Waals surface area (Å²) in [5.74, 6) is -7.94. The number of carbonyl (C=O) groups excluding carboxylic acids is 3. The molecule has 0 bridgehead atoms. The van der Waals surface area contributed by atoms with Gasteiger partial charge in [-0.25, -0.2) is 4.79 Å². The number of aliphatic carboxylic acids is 4. The number of carboxylic acids is 4. The second-order valence-corrected chi connectivity index (χ2v) is 3.07. The SMILES string of the molecule is O=C([O-])C(O)C(O)C(=O)O.O=C([O-])C(O)C(O)C(=O)[O-].[Fe+3]. The monoisotopic (exact) mass is 353 g/mol. The van der Waals surface area contributed by atoms with Crippen LogP contribution in [0.5, 0.6) is 0 Å². The van der Waals surface area contributed by atoms with E-state index in [2.05, 4.69) is 0 Å². The first-order valence-corrected chi connectivity index (χ1v) is 4.51. The van der Waals surface area contributed by atoms with E-state index < -0.39 is 48.3 Å². The average molecular weight is 353 g/mol. The zero-order chi connectivity index (χ0) is 16.6. The van der Waals surface area contributed by atoms with Crippen molar-refractivity contribution < 1.29 is 77.1 Å². The maximum absolute atomic E-state index is 9.74. The van der Waals surface area contributed by atoms with Crippen molar-refractivity contribution in [3.05, 3.63) is 0 Å². The van der Waals surface area contributed by atoms with E-state index in [9.17, 15) is 34.5 Å². The molecule has 0 aromatic carbocycles. The third-order valence-corrected chi connectivity index (χ3v) is 1.58. The maximum Gasteiger partial charge on any atom is 3.00 e. The Labute approximate surface area is 126 Å². The Kier molecular flexibility index (Phi) is 12.7. The molecule has 13 heteroatoms. The molecule has 4 unspecified atom stereocenters. The smallest absolute Gasteiger partial charge is 0.547 e. The normalized spacial score (nSPS) is 15.0. The summed E-state index contributed by atoms with van der Waals surface area (Å²) in [4.78, 5) is 38.7. The molecule has 4 atom stereocenters. The Bertz CT molecular complexity index is 309. The van der Waals surface area contributed by atoms with Crippen molar-refractivity contribution in [2.75, 3.05) is 0 Å². The molecular formula is C8H9FeO12. The van der Waals surface area contributed by atoms with Crippen LogP contribution in [0.1, 0.15) is 0 Å². The van der Waals surface area contributed by atoms with Crippen LogP contribution in [0.4, 0.5) is 0 Å². The summed E-state index contributed by atoms with van der Waals surface area (Å²) < 4.78 is 0. The van der Waals surface area contributed by atoms with Crippen molar-refractivity contribution >= 4 is 23.9 Å². The number of rotatable bonds is 6. The van der Waals surface area contributed by atoms with Gasteiger partial charge in [-0.2, -0.15) is 0 Å². The van der Waals surface area contributed by atoms with Crippen LogP contribution >= 0.6 is 0 Å². The van der Waals surface area contributed by atoms with E-state index in [4.69, 9.17) is 25.5 Å². The molecule has 0 spiro atoms. The van der Waals surface area contributed by atoms with Gasteiger partial charge in [0.05, 0.1) is 17.9 Å². The number of carboxylic acid groups (broad SMARTS) is 4. The van der Waals surface area contributed by atoms with Crippen LogP contribution in [0.15, 0.2) is 0 Å². The molecule has 0 aliphatic carbocycles. The minimum atomic E-state index is -2.44. The van der Waals surface area contributed by atoms with Crippen molar-refractivity contribution in [3.8, 4) is 0 Å². The molecule has 0 saturated heterocycles. The Morgan fingerprint density at radius 1 is 0.619 bits per heavy atom. The van der Waals surface area contributed by atoms with Gasteiger partial charge in [0.1, 0.15) is 18.3 Å². The van der Waals surface area contributed by atoms with Crippen LogP contribution < -0.4 is 15.3 Å². The first-order valence-electron chi connectivity index (χ1n) is 4.51. The fourth-order valence-corrected chi connectivity index (χ4v) is 0.522. The summed E-state index contributed by atoms with van der Waals surface area (Å²) in [5, 5.41) is 69.9. The molecule has 0 aromatic rings. The third-order valence-electron chi connectivity index (χ3n) is 1.58. The molecule has 0 saturated carbocycles. The third kappa shape index (κ3) is 9.73. The molecule has 0 fully saturated rings. The maximum atomic E-state index is 9.74. The van der Waals surface area contributed by atoms with Crippen molar-refractivity contribution in [1.29, 1.82) is 0 Å². The Hall–Kier alpha value is -1.76. The minimum Gasteiger partial charge on any atom is -0.547 e. The molecule has 5 N–H and O–H groups in total. The van der Waals surface area contributed by atoms with Gasteiger partial charge < -0.3 is 55.2 Å². The summed E-state index contributed by atoms with van der Waals surface area (Å²) in [5.41, 5.74) is 0. The van der Waals surface area contributed by atoms with Gasteiger partial charge in [0, 0.05) is 0 Å². The Morgan fingerprint density at radius 2 is 0.810 bits per heavy atom. The number of aliphatic hydroxyl groups excluding tert-OH is 4. The van der Waals surface area contributed by atoms with Crippen LogP contribution in [0.25, 0.3) is 0 Å². The average Bonchev–Trinajstić information content (AvgIpc) is 2.35. The van der Waals surface area contributed by atoms with Gasteiger partial charge in [0.15, 0.2) is 6.10 Å². The molecule has 121 valence electrons. The summed E-state index contributed by atoms with van der Waals surface area (Å²) in [6, 6.07) is 0. The standard InChI is InChI=1S/2C4H6O6.Fe/c2*5-1(3(7)8)2(6)4(9)10;/h2*1-2,5-6H,(H,7,8)(H,9,10);/q;;+3/p-3. The van der Waals surface area contributed by atoms with E-state index in [-0.39, 0.29) is 17.1 Å². The molecule has 0 amide bonds. The predicted molar refractivity (Wildman–Crippen MR) is 46.7 cm³/mol. The predicted octanol–water partition coefficient (Wildman–Crippen LogP) is -8.25. The second kappa shape index (κ2) is 11.0. The van der Waals surface area contributed by atoms with E-state index in [1.54, 1.807) is 0 Å². The zero-order valence-corrected chi connectivity index (χ0v) is 10.9. The van der Waals surface area contributed by atoms with Gasteiger partial charge in [-0.1, -0.05) is 0 Å². The van der Waals surface area contributed by atoms with Gasteiger partial charge in [0.25, 0.3) is 0 Å². The second-order valence-electron chi connectivity index (χ2n) is 3.07. The van der Waals surface area contributed by atoms with Gasteiger partial charge in [0.2, 0.25) is 0 Å². The molecule has 0 rings (SSSR count). The molecule has 12 nitrogen and oxygen atoms in total. The van der Waals surface area contributed by atoms with E-state index >= 15 is 0 Å². The van der Waals surface area contributed by atoms with Crippen LogP contribution in [0.2, 0.25) is 0 Å². The molecule has 0 aliphatic rings. The van der Waals surface area contributed by atoms with Crippen LogP contribution in [0.3, 0.4) is 0 Å². The zero-order valence-electron chi connectivity index (χ0n) is 9.76. The Morgan fingerprint density at radius 3 is 0.905 bits per heavy atom. The quantitative estimate of drug-likeness (QED) is 0.280.